The number of carbonyl (C=O) groups excluding carboxylic acids is 1. The Labute approximate surface area is 109 Å². The first-order valence-corrected chi connectivity index (χ1v) is 6.70. The minimum absolute atomic E-state index is 0.0762. The topological polar surface area (TPSA) is 46.3 Å². The Kier molecular flexibility index (Phi) is 4.02. The van der Waals surface area contributed by atoms with Crippen molar-refractivity contribution in [1.82, 2.24) is 4.90 Å². The van der Waals surface area contributed by atoms with E-state index in [1.165, 1.54) is 11.1 Å². The number of likely N-dealkylation sites (tertiary alicyclic amines) is 1. The fourth-order valence-electron chi connectivity index (χ4n) is 2.62. The Morgan fingerprint density at radius 2 is 2.28 bits per heavy atom. The minimum Gasteiger partial charge on any atom is -0.368 e. The second kappa shape index (κ2) is 5.53. The predicted octanol–water partition coefficient (Wildman–Crippen LogP) is 2.26. The highest BCUT2D eigenvalue weighted by Gasteiger charge is 2.28. The van der Waals surface area contributed by atoms with Gasteiger partial charge < -0.3 is 5.73 Å². The molecule has 2 N–H and O–H groups in total. The van der Waals surface area contributed by atoms with Crippen molar-refractivity contribution >= 4 is 5.91 Å². The Morgan fingerprint density at radius 3 is 2.94 bits per heavy atom. The third-order valence-corrected chi connectivity index (χ3v) is 3.70. The van der Waals surface area contributed by atoms with Crippen molar-refractivity contribution in [3.63, 3.8) is 0 Å². The number of benzene rings is 1. The molecule has 0 bridgehead atoms. The van der Waals surface area contributed by atoms with Crippen molar-refractivity contribution in [2.45, 2.75) is 45.2 Å². The SMILES string of the molecule is CC(C)c1cccc(CN2CCCC2C(N)=O)c1. The molecule has 1 aliphatic heterocycles. The summed E-state index contributed by atoms with van der Waals surface area (Å²) in [6.07, 6.45) is 1.97. The lowest BCUT2D eigenvalue weighted by Crippen LogP contribution is -2.39. The summed E-state index contributed by atoms with van der Waals surface area (Å²) in [5.41, 5.74) is 8.06. The summed E-state index contributed by atoms with van der Waals surface area (Å²) in [6, 6.07) is 8.54. The van der Waals surface area contributed by atoms with Crippen LogP contribution < -0.4 is 5.73 Å². The molecule has 1 aliphatic rings. The highest BCUT2D eigenvalue weighted by Crippen LogP contribution is 2.22. The fraction of sp³-hybridized carbons (Fsp3) is 0.533. The number of carbonyl (C=O) groups is 1. The van der Waals surface area contributed by atoms with Gasteiger partial charge in [-0.15, -0.1) is 0 Å². The van der Waals surface area contributed by atoms with Crippen LogP contribution >= 0.6 is 0 Å². The molecule has 0 radical (unpaired) electrons. The van der Waals surface area contributed by atoms with E-state index in [1.807, 2.05) is 0 Å². The summed E-state index contributed by atoms with van der Waals surface area (Å²) >= 11 is 0. The van der Waals surface area contributed by atoms with E-state index in [0.717, 1.165) is 25.9 Å². The average Bonchev–Trinajstić information content (AvgIpc) is 2.77. The second-order valence-electron chi connectivity index (χ2n) is 5.43. The molecular formula is C15H22N2O. The van der Waals surface area contributed by atoms with Gasteiger partial charge in [0.05, 0.1) is 6.04 Å². The van der Waals surface area contributed by atoms with Crippen LogP contribution in [-0.2, 0) is 11.3 Å². The normalized spacial score (nSPS) is 20.5. The molecule has 0 aromatic heterocycles. The Hall–Kier alpha value is -1.35. The first kappa shape index (κ1) is 13.1. The first-order chi connectivity index (χ1) is 8.58. The van der Waals surface area contributed by atoms with E-state index in [0.29, 0.717) is 5.92 Å². The number of hydrogen-bond donors (Lipinski definition) is 1. The molecule has 0 saturated carbocycles. The summed E-state index contributed by atoms with van der Waals surface area (Å²) in [6.45, 7) is 6.19. The number of nitrogens with two attached hydrogens (primary N) is 1. The van der Waals surface area contributed by atoms with Gasteiger partial charge in [-0.2, -0.15) is 0 Å². The predicted molar refractivity (Wildman–Crippen MR) is 73.2 cm³/mol. The van der Waals surface area contributed by atoms with E-state index in [1.54, 1.807) is 0 Å². The van der Waals surface area contributed by atoms with Gasteiger partial charge >= 0.3 is 0 Å². The quantitative estimate of drug-likeness (QED) is 0.885. The van der Waals surface area contributed by atoms with Crippen molar-refractivity contribution in [3.8, 4) is 0 Å². The molecule has 2 rings (SSSR count). The molecule has 1 atom stereocenters. The molecule has 1 aromatic carbocycles. The van der Waals surface area contributed by atoms with Crippen LogP contribution in [0.5, 0.6) is 0 Å². The molecule has 3 heteroatoms. The lowest BCUT2D eigenvalue weighted by atomic mass is 10.0. The Morgan fingerprint density at radius 1 is 1.50 bits per heavy atom. The van der Waals surface area contributed by atoms with Gasteiger partial charge in [0.15, 0.2) is 0 Å². The van der Waals surface area contributed by atoms with Crippen molar-refractivity contribution in [2.24, 2.45) is 5.73 Å². The van der Waals surface area contributed by atoms with Crippen LogP contribution in [0.15, 0.2) is 24.3 Å². The van der Waals surface area contributed by atoms with Gasteiger partial charge in [0.25, 0.3) is 0 Å². The van der Waals surface area contributed by atoms with E-state index in [9.17, 15) is 4.79 Å². The number of rotatable bonds is 4. The zero-order chi connectivity index (χ0) is 13.1. The highest BCUT2D eigenvalue weighted by molar-refractivity contribution is 5.80. The minimum atomic E-state index is -0.187. The summed E-state index contributed by atoms with van der Waals surface area (Å²) < 4.78 is 0. The Bertz CT molecular complexity index is 428. The molecule has 1 heterocycles. The van der Waals surface area contributed by atoms with E-state index in [4.69, 9.17) is 5.73 Å². The number of amides is 1. The summed E-state index contributed by atoms with van der Waals surface area (Å²) in [4.78, 5) is 13.6. The molecule has 3 nitrogen and oxygen atoms in total. The van der Waals surface area contributed by atoms with E-state index >= 15 is 0 Å². The Balaban J connectivity index is 2.09. The van der Waals surface area contributed by atoms with Gasteiger partial charge in [0.2, 0.25) is 5.91 Å². The lowest BCUT2D eigenvalue weighted by Gasteiger charge is -2.22. The van der Waals surface area contributed by atoms with Gasteiger partial charge in [0.1, 0.15) is 0 Å². The van der Waals surface area contributed by atoms with Crippen LogP contribution in [0.1, 0.15) is 43.7 Å². The maximum Gasteiger partial charge on any atom is 0.234 e. The van der Waals surface area contributed by atoms with E-state index in [-0.39, 0.29) is 11.9 Å². The maximum absolute atomic E-state index is 11.4. The third kappa shape index (κ3) is 2.91. The first-order valence-electron chi connectivity index (χ1n) is 6.70. The average molecular weight is 246 g/mol. The van der Waals surface area contributed by atoms with Crippen molar-refractivity contribution < 1.29 is 4.79 Å². The van der Waals surface area contributed by atoms with E-state index < -0.39 is 0 Å². The van der Waals surface area contributed by atoms with E-state index in [2.05, 4.69) is 43.0 Å². The lowest BCUT2D eigenvalue weighted by molar-refractivity contribution is -0.122. The monoisotopic (exact) mass is 246 g/mol. The molecule has 0 spiro atoms. The van der Waals surface area contributed by atoms with Crippen LogP contribution in [-0.4, -0.2) is 23.4 Å². The second-order valence-corrected chi connectivity index (χ2v) is 5.43. The molecule has 1 aromatic rings. The van der Waals surface area contributed by atoms with Crippen LogP contribution in [0, 0.1) is 0 Å². The van der Waals surface area contributed by atoms with Gasteiger partial charge in [-0.25, -0.2) is 0 Å². The third-order valence-electron chi connectivity index (χ3n) is 3.70. The standard InChI is InChI=1S/C15H22N2O/c1-11(2)13-6-3-5-12(9-13)10-17-8-4-7-14(17)15(16)18/h3,5-6,9,11,14H,4,7-8,10H2,1-2H3,(H2,16,18). The van der Waals surface area contributed by atoms with Gasteiger partial charge in [-0.05, 0) is 36.4 Å². The fourth-order valence-corrected chi connectivity index (χ4v) is 2.62. The zero-order valence-electron chi connectivity index (χ0n) is 11.2. The van der Waals surface area contributed by atoms with Crippen molar-refractivity contribution in [3.05, 3.63) is 35.4 Å². The zero-order valence-corrected chi connectivity index (χ0v) is 11.2. The number of primary amides is 1. The summed E-state index contributed by atoms with van der Waals surface area (Å²) in [5, 5.41) is 0. The molecule has 18 heavy (non-hydrogen) atoms. The van der Waals surface area contributed by atoms with Crippen LogP contribution in [0.2, 0.25) is 0 Å². The molecule has 1 amide bonds. The number of hydrogen-bond acceptors (Lipinski definition) is 2. The van der Waals surface area contributed by atoms with Gasteiger partial charge in [0, 0.05) is 6.54 Å². The highest BCUT2D eigenvalue weighted by atomic mass is 16.1. The maximum atomic E-state index is 11.4. The molecule has 0 aliphatic carbocycles. The van der Waals surface area contributed by atoms with Crippen LogP contribution in [0.25, 0.3) is 0 Å². The van der Waals surface area contributed by atoms with Gasteiger partial charge in [-0.1, -0.05) is 38.1 Å². The molecule has 1 fully saturated rings. The molecule has 1 unspecified atom stereocenters. The van der Waals surface area contributed by atoms with Crippen LogP contribution in [0.3, 0.4) is 0 Å². The van der Waals surface area contributed by atoms with Crippen LogP contribution in [0.4, 0.5) is 0 Å². The van der Waals surface area contributed by atoms with Crippen molar-refractivity contribution in [2.75, 3.05) is 6.54 Å². The molecule has 1 saturated heterocycles. The largest absolute Gasteiger partial charge is 0.368 e. The molecular weight excluding hydrogens is 224 g/mol. The summed E-state index contributed by atoms with van der Waals surface area (Å²) in [7, 11) is 0. The molecule has 98 valence electrons. The van der Waals surface area contributed by atoms with Crippen molar-refractivity contribution in [1.29, 1.82) is 0 Å². The number of nitrogens with zero attached hydrogens (tertiary/aromatic N) is 1. The van der Waals surface area contributed by atoms with Gasteiger partial charge in [-0.3, -0.25) is 9.69 Å². The smallest absolute Gasteiger partial charge is 0.234 e. The summed E-state index contributed by atoms with van der Waals surface area (Å²) in [5.74, 6) is 0.350.